The zero-order valence-electron chi connectivity index (χ0n) is 9.99. The molecule has 1 aliphatic carbocycles. The minimum Gasteiger partial charge on any atom is -0.444 e. The number of fused-ring (bicyclic) bond motifs is 1. The van der Waals surface area contributed by atoms with Gasteiger partial charge < -0.3 is 14.7 Å². The zero-order chi connectivity index (χ0) is 11.6. The molecule has 1 N–H and O–H groups in total. The number of amides is 1. The quantitative estimate of drug-likeness (QED) is 0.694. The average Bonchev–Trinajstić information content (AvgIpc) is 2.74. The van der Waals surface area contributed by atoms with Crippen molar-refractivity contribution < 1.29 is 14.6 Å². The number of likely N-dealkylation sites (tertiary alicyclic amines) is 1. The van der Waals surface area contributed by atoms with Crippen LogP contribution in [-0.4, -0.2) is 41.9 Å². The van der Waals surface area contributed by atoms with E-state index in [4.69, 9.17) is 9.84 Å². The predicted octanol–water partition coefficient (Wildman–Crippen LogP) is 2.12. The highest BCUT2D eigenvalue weighted by molar-refractivity contribution is 5.68. The third-order valence-corrected chi connectivity index (χ3v) is 2.63. The molecule has 4 nitrogen and oxygen atoms in total. The third kappa shape index (κ3) is 4.00. The molecule has 0 aromatic rings. The van der Waals surface area contributed by atoms with Gasteiger partial charge in [0, 0.05) is 20.2 Å². The van der Waals surface area contributed by atoms with Crippen LogP contribution in [0.25, 0.3) is 0 Å². The maximum atomic E-state index is 11.5. The van der Waals surface area contributed by atoms with Gasteiger partial charge in [-0.25, -0.2) is 4.79 Å². The summed E-state index contributed by atoms with van der Waals surface area (Å²) in [6.45, 7) is 7.55. The fourth-order valence-corrected chi connectivity index (χ4v) is 1.87. The topological polar surface area (TPSA) is 49.8 Å². The van der Waals surface area contributed by atoms with Crippen LogP contribution in [0.3, 0.4) is 0 Å². The third-order valence-electron chi connectivity index (χ3n) is 2.63. The van der Waals surface area contributed by atoms with Crippen LogP contribution in [0, 0.1) is 11.8 Å². The molecule has 96 valence electrons. The molecule has 2 aliphatic rings. The summed E-state index contributed by atoms with van der Waals surface area (Å²) in [7, 11) is 1.00. The van der Waals surface area contributed by atoms with Gasteiger partial charge in [-0.15, -0.1) is 0 Å². The Morgan fingerprint density at radius 2 is 1.69 bits per heavy atom. The molecule has 0 aromatic carbocycles. The number of hydrogen-bond donors (Lipinski definition) is 1. The first-order valence-corrected chi connectivity index (χ1v) is 5.38. The first-order valence-electron chi connectivity index (χ1n) is 5.38. The number of hydrogen-bond acceptors (Lipinski definition) is 3. The van der Waals surface area contributed by atoms with Gasteiger partial charge in [0.1, 0.15) is 5.60 Å². The monoisotopic (exact) mass is 231 g/mol. The maximum absolute atomic E-state index is 11.5. The van der Waals surface area contributed by atoms with E-state index >= 15 is 0 Å². The van der Waals surface area contributed by atoms with Crippen LogP contribution in [0.5, 0.6) is 0 Å². The van der Waals surface area contributed by atoms with Gasteiger partial charge in [-0.2, -0.15) is 0 Å². The zero-order valence-corrected chi connectivity index (χ0v) is 9.99. The first kappa shape index (κ1) is 15.2. The van der Waals surface area contributed by atoms with Crippen molar-refractivity contribution in [2.24, 2.45) is 11.8 Å². The average molecular weight is 231 g/mol. The van der Waals surface area contributed by atoms with Crippen molar-refractivity contribution >= 4 is 6.09 Å². The van der Waals surface area contributed by atoms with E-state index in [1.165, 1.54) is 6.42 Å². The molecule has 4 heteroatoms. The highest BCUT2D eigenvalue weighted by atomic mass is 16.6. The number of ether oxygens (including phenoxy) is 1. The molecule has 16 heavy (non-hydrogen) atoms. The molecule has 2 unspecified atom stereocenters. The van der Waals surface area contributed by atoms with Crippen molar-refractivity contribution in [3.8, 4) is 0 Å². The van der Waals surface area contributed by atoms with Crippen molar-refractivity contribution in [3.05, 3.63) is 0 Å². The highest BCUT2D eigenvalue weighted by Gasteiger charge is 2.47. The molecule has 0 bridgehead atoms. The molecular formula is C12H25NO3. The Kier molecular flexibility index (Phi) is 5.26. The summed E-state index contributed by atoms with van der Waals surface area (Å²) in [4.78, 5) is 13.4. The Hall–Kier alpha value is -0.770. The molecule has 1 heterocycles. The van der Waals surface area contributed by atoms with Gasteiger partial charge in [0.25, 0.3) is 0 Å². The van der Waals surface area contributed by atoms with Gasteiger partial charge in [0.2, 0.25) is 0 Å². The minimum absolute atomic E-state index is 0. The summed E-state index contributed by atoms with van der Waals surface area (Å²) < 4.78 is 5.28. The lowest BCUT2D eigenvalue weighted by Crippen LogP contribution is -2.36. The van der Waals surface area contributed by atoms with Crippen LogP contribution in [-0.2, 0) is 4.74 Å². The number of aliphatic hydroxyl groups is 1. The van der Waals surface area contributed by atoms with Gasteiger partial charge in [-0.05, 0) is 39.0 Å². The second-order valence-corrected chi connectivity index (χ2v) is 5.14. The van der Waals surface area contributed by atoms with Crippen molar-refractivity contribution in [3.63, 3.8) is 0 Å². The van der Waals surface area contributed by atoms with Crippen molar-refractivity contribution in [2.45, 2.75) is 40.2 Å². The van der Waals surface area contributed by atoms with Gasteiger partial charge >= 0.3 is 6.09 Å². The Labute approximate surface area is 98.6 Å². The summed E-state index contributed by atoms with van der Waals surface area (Å²) in [5.74, 6) is 1.57. The van der Waals surface area contributed by atoms with Gasteiger partial charge in [-0.1, -0.05) is 7.43 Å². The molecule has 1 saturated carbocycles. The lowest BCUT2D eigenvalue weighted by atomic mass is 10.2. The minimum atomic E-state index is -0.357. The van der Waals surface area contributed by atoms with E-state index in [0.29, 0.717) is 0 Å². The fourth-order valence-electron chi connectivity index (χ4n) is 1.87. The lowest BCUT2D eigenvalue weighted by molar-refractivity contribution is 0.0274. The summed E-state index contributed by atoms with van der Waals surface area (Å²) >= 11 is 0. The first-order chi connectivity index (χ1) is 6.96. The van der Waals surface area contributed by atoms with Crippen molar-refractivity contribution in [1.82, 2.24) is 4.90 Å². The number of aliphatic hydroxyl groups excluding tert-OH is 1. The molecule has 2 atom stereocenters. The maximum Gasteiger partial charge on any atom is 0.410 e. The summed E-state index contributed by atoms with van der Waals surface area (Å²) in [6.07, 6.45) is 1.18. The van der Waals surface area contributed by atoms with Crippen LogP contribution in [0.1, 0.15) is 34.6 Å². The van der Waals surface area contributed by atoms with E-state index in [-0.39, 0.29) is 19.1 Å². The molecular weight excluding hydrogens is 206 g/mol. The molecule has 1 aliphatic heterocycles. The lowest BCUT2D eigenvalue weighted by Gasteiger charge is -2.25. The second-order valence-electron chi connectivity index (χ2n) is 5.14. The smallest absolute Gasteiger partial charge is 0.410 e. The highest BCUT2D eigenvalue weighted by Crippen LogP contribution is 2.45. The standard InChI is InChI=1S/C10H17NO2.CH4O.CH4/c1-10(2,3)13-9(12)11-5-7-4-8(7)6-11;1-2;/h7-8H,4-6H2,1-3H3;2H,1H3;1H4. The van der Waals surface area contributed by atoms with Crippen LogP contribution < -0.4 is 0 Å². The molecule has 2 rings (SSSR count). The molecule has 1 saturated heterocycles. The van der Waals surface area contributed by atoms with Crippen molar-refractivity contribution in [1.29, 1.82) is 0 Å². The van der Waals surface area contributed by atoms with Gasteiger partial charge in [0.05, 0.1) is 0 Å². The predicted molar refractivity (Wildman–Crippen MR) is 64.3 cm³/mol. The Morgan fingerprint density at radius 1 is 1.25 bits per heavy atom. The van der Waals surface area contributed by atoms with E-state index in [1.54, 1.807) is 0 Å². The molecule has 0 radical (unpaired) electrons. The van der Waals surface area contributed by atoms with Gasteiger partial charge in [-0.3, -0.25) is 0 Å². The van der Waals surface area contributed by atoms with E-state index in [0.717, 1.165) is 32.0 Å². The van der Waals surface area contributed by atoms with Crippen molar-refractivity contribution in [2.75, 3.05) is 20.2 Å². The van der Waals surface area contributed by atoms with Crippen LogP contribution in [0.2, 0.25) is 0 Å². The second kappa shape index (κ2) is 5.53. The SMILES string of the molecule is C.CC(C)(C)OC(=O)N1CC2CC2C1.CO. The Morgan fingerprint density at radius 3 is 2.06 bits per heavy atom. The number of nitrogens with zero attached hydrogens (tertiary/aromatic N) is 1. The van der Waals surface area contributed by atoms with E-state index in [2.05, 4.69) is 0 Å². The normalized spacial score (nSPS) is 25.9. The molecule has 0 spiro atoms. The Balaban J connectivity index is 0.000000711. The number of rotatable bonds is 0. The molecule has 1 amide bonds. The van der Waals surface area contributed by atoms with Gasteiger partial charge in [0.15, 0.2) is 0 Å². The summed E-state index contributed by atoms with van der Waals surface area (Å²) in [5.41, 5.74) is -0.357. The largest absolute Gasteiger partial charge is 0.444 e. The molecule has 2 fully saturated rings. The molecule has 0 aromatic heterocycles. The summed E-state index contributed by atoms with van der Waals surface area (Å²) in [6, 6.07) is 0. The number of carbonyl (C=O) groups is 1. The van der Waals surface area contributed by atoms with E-state index < -0.39 is 0 Å². The number of piperidine rings is 1. The fraction of sp³-hybridized carbons (Fsp3) is 0.917. The summed E-state index contributed by atoms with van der Waals surface area (Å²) in [5, 5.41) is 7.00. The van der Waals surface area contributed by atoms with Crippen LogP contribution in [0.4, 0.5) is 4.79 Å². The van der Waals surface area contributed by atoms with E-state index in [1.807, 2.05) is 25.7 Å². The van der Waals surface area contributed by atoms with Crippen LogP contribution in [0.15, 0.2) is 0 Å². The van der Waals surface area contributed by atoms with Crippen LogP contribution >= 0.6 is 0 Å². The van der Waals surface area contributed by atoms with E-state index in [9.17, 15) is 4.79 Å². The number of carbonyl (C=O) groups excluding carboxylic acids is 1. The Bertz CT molecular complexity index is 225.